The molecule has 0 bridgehead atoms. The summed E-state index contributed by atoms with van der Waals surface area (Å²) in [5, 5.41) is 5.62. The van der Waals surface area contributed by atoms with E-state index in [0.29, 0.717) is 12.1 Å². The van der Waals surface area contributed by atoms with Gasteiger partial charge in [-0.3, -0.25) is 4.98 Å². The Balaban J connectivity index is 1.72. The molecule has 1 N–H and O–H groups in total. The van der Waals surface area contributed by atoms with Gasteiger partial charge in [-0.2, -0.15) is 0 Å². The molecule has 1 saturated carbocycles. The molecule has 0 amide bonds. The number of nitrogens with zero attached hydrogens (tertiary/aromatic N) is 3. The van der Waals surface area contributed by atoms with Crippen LogP contribution in [0.1, 0.15) is 37.3 Å². The number of aromatic nitrogens is 2. The Hall–Kier alpha value is -1.46. The molecule has 1 aliphatic rings. The minimum Gasteiger partial charge on any atom is -0.348 e. The third-order valence-corrected chi connectivity index (χ3v) is 4.51. The largest absolute Gasteiger partial charge is 0.348 e. The van der Waals surface area contributed by atoms with Gasteiger partial charge in [0, 0.05) is 29.7 Å². The van der Waals surface area contributed by atoms with Gasteiger partial charge in [0.15, 0.2) is 0 Å². The van der Waals surface area contributed by atoms with Crippen LogP contribution in [0.15, 0.2) is 29.9 Å². The van der Waals surface area contributed by atoms with Gasteiger partial charge in [-0.05, 0) is 38.1 Å². The predicted octanol–water partition coefficient (Wildman–Crippen LogP) is 3.21. The van der Waals surface area contributed by atoms with Gasteiger partial charge in [0.05, 0.1) is 18.4 Å². The van der Waals surface area contributed by atoms with Crippen LogP contribution < -0.4 is 10.2 Å². The Morgan fingerprint density at radius 3 is 2.90 bits per heavy atom. The summed E-state index contributed by atoms with van der Waals surface area (Å²) >= 11 is 1.79. The Morgan fingerprint density at radius 2 is 2.24 bits per heavy atom. The molecule has 0 aliphatic heterocycles. The fourth-order valence-corrected chi connectivity index (χ4v) is 2.96. The van der Waals surface area contributed by atoms with Crippen molar-refractivity contribution in [1.29, 1.82) is 0 Å². The highest BCUT2D eigenvalue weighted by molar-refractivity contribution is 7.09. The molecular formula is C16H22N4S. The van der Waals surface area contributed by atoms with Crippen molar-refractivity contribution in [2.24, 2.45) is 0 Å². The number of anilines is 1. The average molecular weight is 302 g/mol. The normalized spacial score (nSPS) is 14.6. The molecule has 2 aromatic rings. The minimum absolute atomic E-state index is 0.396. The molecule has 4 nitrogen and oxygen atoms in total. The molecule has 0 aromatic carbocycles. The third kappa shape index (κ3) is 4.02. The average Bonchev–Trinajstić information content (AvgIpc) is 3.17. The number of rotatable bonds is 7. The van der Waals surface area contributed by atoms with Gasteiger partial charge in [0.25, 0.3) is 0 Å². The number of hydrogen-bond acceptors (Lipinski definition) is 5. The topological polar surface area (TPSA) is 41.1 Å². The first-order chi connectivity index (χ1) is 10.2. The highest BCUT2D eigenvalue weighted by Gasteiger charge is 2.20. The van der Waals surface area contributed by atoms with E-state index < -0.39 is 0 Å². The van der Waals surface area contributed by atoms with Crippen LogP contribution in [0.25, 0.3) is 0 Å². The van der Waals surface area contributed by atoms with Gasteiger partial charge >= 0.3 is 0 Å². The lowest BCUT2D eigenvalue weighted by molar-refractivity contribution is 0.651. The van der Waals surface area contributed by atoms with E-state index in [1.807, 2.05) is 12.4 Å². The quantitative estimate of drug-likeness (QED) is 0.853. The Morgan fingerprint density at radius 1 is 1.38 bits per heavy atom. The van der Waals surface area contributed by atoms with Crippen molar-refractivity contribution in [2.45, 2.75) is 51.9 Å². The summed E-state index contributed by atoms with van der Waals surface area (Å²) in [6.45, 7) is 6.11. The summed E-state index contributed by atoms with van der Waals surface area (Å²) in [5.41, 5.74) is 1.02. The maximum absolute atomic E-state index is 4.78. The Kier molecular flexibility index (Phi) is 4.51. The van der Waals surface area contributed by atoms with Gasteiger partial charge in [0.2, 0.25) is 0 Å². The Bertz CT molecular complexity index is 563. The number of thiophene rings is 1. The van der Waals surface area contributed by atoms with Crippen molar-refractivity contribution in [3.05, 3.63) is 40.5 Å². The first kappa shape index (κ1) is 14.5. The smallest absolute Gasteiger partial charge is 0.148 e. The van der Waals surface area contributed by atoms with Gasteiger partial charge in [-0.15, -0.1) is 11.3 Å². The molecular weight excluding hydrogens is 280 g/mol. The highest BCUT2D eigenvalue weighted by Crippen LogP contribution is 2.21. The lowest BCUT2D eigenvalue weighted by Crippen LogP contribution is -2.31. The zero-order valence-corrected chi connectivity index (χ0v) is 13.4. The van der Waals surface area contributed by atoms with E-state index in [-0.39, 0.29) is 0 Å². The summed E-state index contributed by atoms with van der Waals surface area (Å²) in [6, 6.07) is 5.36. The van der Waals surface area contributed by atoms with E-state index in [2.05, 4.69) is 46.6 Å². The van der Waals surface area contributed by atoms with Crippen LogP contribution in [-0.2, 0) is 13.1 Å². The van der Waals surface area contributed by atoms with Gasteiger partial charge in [-0.25, -0.2) is 4.98 Å². The molecule has 2 aromatic heterocycles. The molecule has 1 fully saturated rings. The van der Waals surface area contributed by atoms with Crippen LogP contribution in [0, 0.1) is 0 Å². The predicted molar refractivity (Wildman–Crippen MR) is 87.5 cm³/mol. The van der Waals surface area contributed by atoms with Crippen LogP contribution in [-0.4, -0.2) is 22.1 Å². The van der Waals surface area contributed by atoms with Crippen LogP contribution in [0.2, 0.25) is 0 Å². The zero-order chi connectivity index (χ0) is 14.7. The van der Waals surface area contributed by atoms with E-state index in [4.69, 9.17) is 4.98 Å². The zero-order valence-electron chi connectivity index (χ0n) is 12.6. The summed E-state index contributed by atoms with van der Waals surface area (Å²) < 4.78 is 0. The van der Waals surface area contributed by atoms with Crippen LogP contribution in [0.4, 0.5) is 5.82 Å². The lowest BCUT2D eigenvalue weighted by atomic mass is 10.3. The summed E-state index contributed by atoms with van der Waals surface area (Å²) in [6.07, 6.45) is 6.32. The standard InChI is InChI=1S/C16H22N4S/c1-12(2)20(11-15-4-3-7-21-15)16-10-17-8-14(19-16)9-18-13-5-6-13/h3-4,7-8,10,12-13,18H,5-6,9,11H2,1-2H3. The van der Waals surface area contributed by atoms with Crippen molar-refractivity contribution in [3.63, 3.8) is 0 Å². The maximum Gasteiger partial charge on any atom is 0.148 e. The molecule has 1 aliphatic carbocycles. The molecule has 3 rings (SSSR count). The number of nitrogens with one attached hydrogen (secondary N) is 1. The third-order valence-electron chi connectivity index (χ3n) is 3.64. The molecule has 0 spiro atoms. The number of hydrogen-bond donors (Lipinski definition) is 1. The van der Waals surface area contributed by atoms with Crippen molar-refractivity contribution in [1.82, 2.24) is 15.3 Å². The fourth-order valence-electron chi connectivity index (χ4n) is 2.25. The molecule has 21 heavy (non-hydrogen) atoms. The van der Waals surface area contributed by atoms with E-state index in [1.165, 1.54) is 17.7 Å². The van der Waals surface area contributed by atoms with E-state index in [0.717, 1.165) is 24.6 Å². The monoisotopic (exact) mass is 302 g/mol. The summed E-state index contributed by atoms with van der Waals surface area (Å²) in [7, 11) is 0. The second kappa shape index (κ2) is 6.54. The molecule has 112 valence electrons. The SMILES string of the molecule is CC(C)N(Cc1cccs1)c1cncc(CNC2CC2)n1. The van der Waals surface area contributed by atoms with E-state index >= 15 is 0 Å². The molecule has 0 radical (unpaired) electrons. The summed E-state index contributed by atoms with van der Waals surface area (Å²) in [5.74, 6) is 0.966. The van der Waals surface area contributed by atoms with Gasteiger partial charge in [-0.1, -0.05) is 6.07 Å². The first-order valence-corrected chi connectivity index (χ1v) is 8.43. The molecule has 0 atom stereocenters. The van der Waals surface area contributed by atoms with E-state index in [9.17, 15) is 0 Å². The second-order valence-electron chi connectivity index (χ2n) is 5.82. The van der Waals surface area contributed by atoms with Crippen LogP contribution in [0.5, 0.6) is 0 Å². The van der Waals surface area contributed by atoms with Gasteiger partial charge < -0.3 is 10.2 Å². The first-order valence-electron chi connectivity index (χ1n) is 7.55. The maximum atomic E-state index is 4.78. The van der Waals surface area contributed by atoms with Crippen molar-refractivity contribution < 1.29 is 0 Å². The fraction of sp³-hybridized carbons (Fsp3) is 0.500. The van der Waals surface area contributed by atoms with Crippen molar-refractivity contribution in [2.75, 3.05) is 4.90 Å². The molecule has 0 saturated heterocycles. The summed E-state index contributed by atoms with van der Waals surface area (Å²) in [4.78, 5) is 12.8. The molecule has 2 heterocycles. The lowest BCUT2D eigenvalue weighted by Gasteiger charge is -2.27. The Labute approximate surface area is 130 Å². The van der Waals surface area contributed by atoms with Crippen LogP contribution in [0.3, 0.4) is 0 Å². The van der Waals surface area contributed by atoms with Crippen molar-refractivity contribution >= 4 is 17.2 Å². The molecule has 0 unspecified atom stereocenters. The minimum atomic E-state index is 0.396. The van der Waals surface area contributed by atoms with Crippen molar-refractivity contribution in [3.8, 4) is 0 Å². The van der Waals surface area contributed by atoms with E-state index in [1.54, 1.807) is 11.3 Å². The van der Waals surface area contributed by atoms with Crippen LogP contribution >= 0.6 is 11.3 Å². The second-order valence-corrected chi connectivity index (χ2v) is 6.86. The highest BCUT2D eigenvalue weighted by atomic mass is 32.1. The van der Waals surface area contributed by atoms with Gasteiger partial charge in [0.1, 0.15) is 5.82 Å². The molecule has 5 heteroatoms.